The molecule has 1 aliphatic rings. The van der Waals surface area contributed by atoms with E-state index in [2.05, 4.69) is 4.90 Å². The molecule has 1 amide bonds. The molecule has 0 atom stereocenters. The molecule has 0 bridgehead atoms. The van der Waals surface area contributed by atoms with Gasteiger partial charge in [0, 0.05) is 44.5 Å². The van der Waals surface area contributed by atoms with Crippen LogP contribution in [0.15, 0.2) is 95.7 Å². The molecule has 1 aliphatic heterocycles. The smallest absolute Gasteiger partial charge is 0.416 e. The number of nitrogens with zero attached hydrogens (tertiary/aromatic N) is 4. The predicted molar refractivity (Wildman–Crippen MR) is 141 cm³/mol. The second-order valence-corrected chi connectivity index (χ2v) is 9.54. The Kier molecular flexibility index (Phi) is 6.44. The first-order valence-corrected chi connectivity index (χ1v) is 12.7. The summed E-state index contributed by atoms with van der Waals surface area (Å²) in [5.41, 5.74) is 3.91. The van der Waals surface area contributed by atoms with Crippen molar-refractivity contribution in [1.29, 1.82) is 0 Å². The summed E-state index contributed by atoms with van der Waals surface area (Å²) in [6.07, 6.45) is -1.07. The highest BCUT2D eigenvalue weighted by Crippen LogP contribution is 2.33. The number of halogens is 3. The van der Waals surface area contributed by atoms with Crippen LogP contribution in [0, 0.1) is 0 Å². The molecule has 4 heterocycles. The SMILES string of the molecule is O=C(c1ccco1)N1CCN(Cc2c(-c3ccccc3)nc3ccc(-c4cccc(C(F)(F)F)c4)cn23)CC1. The zero-order chi connectivity index (χ0) is 27.0. The van der Waals surface area contributed by atoms with Gasteiger partial charge in [0.05, 0.1) is 23.2 Å². The minimum absolute atomic E-state index is 0.120. The molecule has 0 spiro atoms. The fourth-order valence-corrected chi connectivity index (χ4v) is 4.99. The van der Waals surface area contributed by atoms with E-state index in [0.29, 0.717) is 55.3 Å². The number of aromatic nitrogens is 2. The van der Waals surface area contributed by atoms with Crippen LogP contribution in [0.3, 0.4) is 0 Å². The molecule has 0 unspecified atom stereocenters. The molecule has 6 nitrogen and oxygen atoms in total. The highest BCUT2D eigenvalue weighted by atomic mass is 19.4. The number of piperazine rings is 1. The highest BCUT2D eigenvalue weighted by molar-refractivity contribution is 5.91. The van der Waals surface area contributed by atoms with E-state index in [1.54, 1.807) is 29.2 Å². The minimum Gasteiger partial charge on any atom is -0.459 e. The first kappa shape index (κ1) is 24.9. The van der Waals surface area contributed by atoms with E-state index in [1.165, 1.54) is 18.4 Å². The van der Waals surface area contributed by atoms with E-state index in [1.807, 2.05) is 47.0 Å². The maximum atomic E-state index is 13.4. The van der Waals surface area contributed by atoms with E-state index >= 15 is 0 Å². The van der Waals surface area contributed by atoms with Crippen LogP contribution in [-0.2, 0) is 12.7 Å². The van der Waals surface area contributed by atoms with Crippen molar-refractivity contribution in [3.8, 4) is 22.4 Å². The molecule has 0 saturated carbocycles. The molecule has 1 saturated heterocycles. The van der Waals surface area contributed by atoms with Crippen molar-refractivity contribution in [3.05, 3.63) is 108 Å². The summed E-state index contributed by atoms with van der Waals surface area (Å²) in [6.45, 7) is 3.03. The van der Waals surface area contributed by atoms with Gasteiger partial charge in [-0.05, 0) is 47.5 Å². The molecule has 198 valence electrons. The molecule has 0 radical (unpaired) electrons. The average Bonchev–Trinajstić information content (AvgIpc) is 3.62. The zero-order valence-electron chi connectivity index (χ0n) is 20.9. The fourth-order valence-electron chi connectivity index (χ4n) is 4.99. The number of carbonyl (C=O) groups excluding carboxylic acids is 1. The molecule has 3 aromatic heterocycles. The predicted octanol–water partition coefficient (Wildman–Crippen LogP) is 6.24. The normalized spacial score (nSPS) is 14.7. The first-order chi connectivity index (χ1) is 18.9. The molecule has 39 heavy (non-hydrogen) atoms. The Hall–Kier alpha value is -4.37. The van der Waals surface area contributed by atoms with Crippen molar-refractivity contribution in [3.63, 3.8) is 0 Å². The number of hydrogen-bond acceptors (Lipinski definition) is 4. The van der Waals surface area contributed by atoms with Gasteiger partial charge in [-0.15, -0.1) is 0 Å². The Labute approximate surface area is 222 Å². The average molecular weight is 531 g/mol. The van der Waals surface area contributed by atoms with Gasteiger partial charge in [-0.3, -0.25) is 9.69 Å². The third-order valence-electron chi connectivity index (χ3n) is 7.05. The Morgan fingerprint density at radius 1 is 0.846 bits per heavy atom. The summed E-state index contributed by atoms with van der Waals surface area (Å²) >= 11 is 0. The molecular weight excluding hydrogens is 505 g/mol. The van der Waals surface area contributed by atoms with E-state index in [9.17, 15) is 18.0 Å². The number of fused-ring (bicyclic) bond motifs is 1. The zero-order valence-corrected chi connectivity index (χ0v) is 20.9. The van der Waals surface area contributed by atoms with E-state index in [0.717, 1.165) is 23.0 Å². The highest BCUT2D eigenvalue weighted by Gasteiger charge is 2.30. The van der Waals surface area contributed by atoms with Gasteiger partial charge < -0.3 is 13.7 Å². The number of amides is 1. The molecular formula is C30H25F3N4O2. The topological polar surface area (TPSA) is 54.0 Å². The lowest BCUT2D eigenvalue weighted by Crippen LogP contribution is -2.48. The van der Waals surface area contributed by atoms with Gasteiger partial charge in [-0.25, -0.2) is 4.98 Å². The number of benzene rings is 2. The van der Waals surface area contributed by atoms with Crippen LogP contribution >= 0.6 is 0 Å². The summed E-state index contributed by atoms with van der Waals surface area (Å²) < 4.78 is 47.3. The van der Waals surface area contributed by atoms with Gasteiger partial charge in [0.15, 0.2) is 5.76 Å². The van der Waals surface area contributed by atoms with Crippen molar-refractivity contribution in [2.75, 3.05) is 26.2 Å². The van der Waals surface area contributed by atoms with Crippen molar-refractivity contribution in [1.82, 2.24) is 19.2 Å². The molecule has 1 fully saturated rings. The van der Waals surface area contributed by atoms with Gasteiger partial charge in [0.2, 0.25) is 0 Å². The van der Waals surface area contributed by atoms with Gasteiger partial charge >= 0.3 is 6.18 Å². The van der Waals surface area contributed by atoms with Crippen LogP contribution in [0.5, 0.6) is 0 Å². The van der Waals surface area contributed by atoms with Crippen molar-refractivity contribution >= 4 is 11.6 Å². The first-order valence-electron chi connectivity index (χ1n) is 12.7. The lowest BCUT2D eigenvalue weighted by molar-refractivity contribution is -0.137. The summed E-state index contributed by atoms with van der Waals surface area (Å²) in [6, 6.07) is 22.2. The molecule has 6 rings (SSSR count). The van der Waals surface area contributed by atoms with Gasteiger partial charge in [-0.2, -0.15) is 13.2 Å². The number of carbonyl (C=O) groups is 1. The molecule has 2 aromatic carbocycles. The number of hydrogen-bond donors (Lipinski definition) is 0. The number of furan rings is 1. The van der Waals surface area contributed by atoms with Crippen LogP contribution in [0.1, 0.15) is 21.8 Å². The molecule has 0 aliphatic carbocycles. The second-order valence-electron chi connectivity index (χ2n) is 9.54. The van der Waals surface area contributed by atoms with Gasteiger partial charge in [-0.1, -0.05) is 42.5 Å². The molecule has 0 N–H and O–H groups in total. The van der Waals surface area contributed by atoms with Crippen molar-refractivity contribution in [2.45, 2.75) is 12.7 Å². The maximum absolute atomic E-state index is 13.4. The monoisotopic (exact) mass is 530 g/mol. The minimum atomic E-state index is -4.42. The third-order valence-corrected chi connectivity index (χ3v) is 7.05. The van der Waals surface area contributed by atoms with Gasteiger partial charge in [0.25, 0.3) is 5.91 Å². The standard InChI is InChI=1S/C30H25F3N4O2/c31-30(32,33)24-9-4-8-22(18-24)23-11-12-27-34-28(21-6-2-1-3-7-21)25(37(27)19-23)20-35-13-15-36(16-14-35)29(38)26-10-5-17-39-26/h1-12,17-19H,13-16,20H2. The van der Waals surface area contributed by atoms with Crippen LogP contribution in [0.2, 0.25) is 0 Å². The van der Waals surface area contributed by atoms with Crippen LogP contribution in [-0.4, -0.2) is 51.3 Å². The van der Waals surface area contributed by atoms with Crippen molar-refractivity contribution in [2.24, 2.45) is 0 Å². The summed E-state index contributed by atoms with van der Waals surface area (Å²) in [7, 11) is 0. The summed E-state index contributed by atoms with van der Waals surface area (Å²) in [4.78, 5) is 21.6. The Balaban J connectivity index is 1.33. The maximum Gasteiger partial charge on any atom is 0.416 e. The summed E-state index contributed by atoms with van der Waals surface area (Å²) in [5, 5.41) is 0. The number of rotatable bonds is 5. The fraction of sp³-hybridized carbons (Fsp3) is 0.200. The lowest BCUT2D eigenvalue weighted by Gasteiger charge is -2.34. The van der Waals surface area contributed by atoms with Gasteiger partial charge in [0.1, 0.15) is 5.65 Å². The molecule has 5 aromatic rings. The Morgan fingerprint density at radius 3 is 2.33 bits per heavy atom. The lowest BCUT2D eigenvalue weighted by atomic mass is 10.0. The number of pyridine rings is 1. The van der Waals surface area contributed by atoms with Crippen LogP contribution < -0.4 is 0 Å². The third kappa shape index (κ3) is 5.05. The van der Waals surface area contributed by atoms with E-state index < -0.39 is 11.7 Å². The summed E-state index contributed by atoms with van der Waals surface area (Å²) in [5.74, 6) is 0.212. The largest absolute Gasteiger partial charge is 0.459 e. The van der Waals surface area contributed by atoms with Crippen LogP contribution in [0.4, 0.5) is 13.2 Å². The van der Waals surface area contributed by atoms with Crippen LogP contribution in [0.25, 0.3) is 28.0 Å². The Bertz CT molecular complexity index is 1600. The number of imidazole rings is 1. The van der Waals surface area contributed by atoms with E-state index in [4.69, 9.17) is 9.40 Å². The van der Waals surface area contributed by atoms with Crippen molar-refractivity contribution < 1.29 is 22.4 Å². The Morgan fingerprint density at radius 2 is 1.62 bits per heavy atom. The van der Waals surface area contributed by atoms with E-state index in [-0.39, 0.29) is 5.91 Å². The second kappa shape index (κ2) is 10.1. The number of alkyl halides is 3. The molecule has 9 heteroatoms. The quantitative estimate of drug-likeness (QED) is 0.270.